The number of nitrogens with one attached hydrogen (secondary N) is 1. The highest BCUT2D eigenvalue weighted by Crippen LogP contribution is 2.32. The monoisotopic (exact) mass is 397 g/mol. The van der Waals surface area contributed by atoms with Gasteiger partial charge < -0.3 is 15.2 Å². The van der Waals surface area contributed by atoms with Crippen molar-refractivity contribution in [1.82, 2.24) is 15.0 Å². The van der Waals surface area contributed by atoms with Gasteiger partial charge in [-0.1, -0.05) is 47.6 Å². The van der Waals surface area contributed by atoms with Crippen LogP contribution in [0.25, 0.3) is 11.4 Å². The van der Waals surface area contributed by atoms with E-state index >= 15 is 0 Å². The molecule has 1 aliphatic heterocycles. The lowest BCUT2D eigenvalue weighted by molar-refractivity contribution is 0.141. The van der Waals surface area contributed by atoms with E-state index in [0.29, 0.717) is 28.7 Å². The van der Waals surface area contributed by atoms with E-state index in [2.05, 4.69) is 10.1 Å². The van der Waals surface area contributed by atoms with Gasteiger partial charge >= 0.3 is 0 Å². The van der Waals surface area contributed by atoms with Gasteiger partial charge in [0.1, 0.15) is 6.04 Å². The van der Waals surface area contributed by atoms with Gasteiger partial charge in [-0.3, -0.25) is 5.41 Å². The molecule has 8 nitrogen and oxygen atoms in total. The minimum absolute atomic E-state index is 0.0139. The maximum Gasteiger partial charge on any atom is 0.249 e. The van der Waals surface area contributed by atoms with E-state index in [1.54, 1.807) is 59.5 Å². The molecule has 0 amide bonds. The van der Waals surface area contributed by atoms with Crippen LogP contribution in [0.2, 0.25) is 0 Å². The Bertz CT molecular complexity index is 1090. The van der Waals surface area contributed by atoms with Gasteiger partial charge in [0.05, 0.1) is 10.6 Å². The first-order valence-electron chi connectivity index (χ1n) is 8.75. The molecule has 3 aromatic rings. The van der Waals surface area contributed by atoms with Crippen LogP contribution in [0.15, 0.2) is 64.0 Å². The Morgan fingerprint density at radius 3 is 2.50 bits per heavy atom. The Hall–Kier alpha value is -3.20. The number of sulfone groups is 1. The van der Waals surface area contributed by atoms with Crippen molar-refractivity contribution >= 4 is 15.8 Å². The standard InChI is InChI=1S/C19H19N5O3S/c20-19(21)24-11-10-16(24)18-22-17(23-27-18)14-8-6-13(7-9-14)12-28(25,26)15-4-2-1-3-5-15/h1-9,16H,10-12H2,(H3,20,21). The molecule has 28 heavy (non-hydrogen) atoms. The zero-order valence-electron chi connectivity index (χ0n) is 14.9. The van der Waals surface area contributed by atoms with Crippen molar-refractivity contribution in [2.45, 2.75) is 23.1 Å². The summed E-state index contributed by atoms with van der Waals surface area (Å²) in [5, 5.41) is 11.5. The van der Waals surface area contributed by atoms with Crippen molar-refractivity contribution in [1.29, 1.82) is 5.41 Å². The van der Waals surface area contributed by atoms with E-state index in [-0.39, 0.29) is 17.8 Å². The van der Waals surface area contributed by atoms with Gasteiger partial charge in [0.25, 0.3) is 0 Å². The molecule has 0 aliphatic carbocycles. The molecule has 1 aliphatic rings. The van der Waals surface area contributed by atoms with Gasteiger partial charge in [-0.25, -0.2) is 8.42 Å². The molecule has 1 saturated heterocycles. The van der Waals surface area contributed by atoms with Crippen LogP contribution in [0.3, 0.4) is 0 Å². The lowest BCUT2D eigenvalue weighted by Gasteiger charge is -2.38. The van der Waals surface area contributed by atoms with Crippen LogP contribution in [0.4, 0.5) is 0 Å². The van der Waals surface area contributed by atoms with Gasteiger partial charge in [-0.2, -0.15) is 4.98 Å². The summed E-state index contributed by atoms with van der Waals surface area (Å²) in [5.74, 6) is 0.750. The van der Waals surface area contributed by atoms with Gasteiger partial charge in [-0.15, -0.1) is 0 Å². The number of nitrogens with zero attached hydrogens (tertiary/aromatic N) is 3. The maximum atomic E-state index is 12.5. The zero-order valence-corrected chi connectivity index (χ0v) is 15.8. The minimum atomic E-state index is -3.40. The van der Waals surface area contributed by atoms with Gasteiger partial charge in [0, 0.05) is 12.1 Å². The molecule has 9 heteroatoms. The maximum absolute atomic E-state index is 12.5. The SMILES string of the molecule is N=C(N)N1CCC1c1nc(-c2ccc(CS(=O)(=O)c3ccccc3)cc2)no1. The highest BCUT2D eigenvalue weighted by Gasteiger charge is 2.35. The first-order valence-corrected chi connectivity index (χ1v) is 10.4. The van der Waals surface area contributed by atoms with E-state index in [1.165, 1.54) is 0 Å². The van der Waals surface area contributed by atoms with E-state index in [4.69, 9.17) is 15.7 Å². The Balaban J connectivity index is 1.49. The van der Waals surface area contributed by atoms with Gasteiger partial charge in [0.15, 0.2) is 15.8 Å². The zero-order chi connectivity index (χ0) is 19.7. The van der Waals surface area contributed by atoms with Crippen molar-refractivity contribution < 1.29 is 12.9 Å². The molecule has 0 radical (unpaired) electrons. The molecule has 3 N–H and O–H groups in total. The number of hydrogen-bond donors (Lipinski definition) is 2. The quantitative estimate of drug-likeness (QED) is 0.500. The topological polar surface area (TPSA) is 126 Å². The van der Waals surface area contributed by atoms with E-state index < -0.39 is 9.84 Å². The second kappa shape index (κ2) is 7.08. The molecule has 144 valence electrons. The average molecular weight is 397 g/mol. The van der Waals surface area contributed by atoms with Crippen molar-refractivity contribution in [3.8, 4) is 11.4 Å². The lowest BCUT2D eigenvalue weighted by atomic mass is 10.0. The highest BCUT2D eigenvalue weighted by molar-refractivity contribution is 7.90. The van der Waals surface area contributed by atoms with Crippen LogP contribution in [0.1, 0.15) is 23.9 Å². The van der Waals surface area contributed by atoms with Crippen LogP contribution in [0.5, 0.6) is 0 Å². The second-order valence-corrected chi connectivity index (χ2v) is 8.60. The first-order chi connectivity index (χ1) is 13.4. The molecule has 1 fully saturated rings. The van der Waals surface area contributed by atoms with Gasteiger partial charge in [0.2, 0.25) is 11.7 Å². The highest BCUT2D eigenvalue weighted by atomic mass is 32.2. The summed E-state index contributed by atoms with van der Waals surface area (Å²) in [6.07, 6.45) is 0.803. The first kappa shape index (κ1) is 18.2. The molecule has 2 heterocycles. The van der Waals surface area contributed by atoms with Crippen molar-refractivity contribution in [3.63, 3.8) is 0 Å². The fourth-order valence-electron chi connectivity index (χ4n) is 3.10. The summed E-state index contributed by atoms with van der Waals surface area (Å²) < 4.78 is 30.3. The molecule has 2 aromatic carbocycles. The molecule has 1 unspecified atom stereocenters. The van der Waals surface area contributed by atoms with Crippen molar-refractivity contribution in [3.05, 3.63) is 66.1 Å². The number of rotatable bonds is 5. The van der Waals surface area contributed by atoms with Crippen LogP contribution in [-0.4, -0.2) is 36.0 Å². The third kappa shape index (κ3) is 3.48. The second-order valence-electron chi connectivity index (χ2n) is 6.61. The van der Waals surface area contributed by atoms with E-state index in [0.717, 1.165) is 12.0 Å². The Morgan fingerprint density at radius 2 is 1.89 bits per heavy atom. The van der Waals surface area contributed by atoms with Crippen LogP contribution in [-0.2, 0) is 15.6 Å². The summed E-state index contributed by atoms with van der Waals surface area (Å²) in [5.41, 5.74) is 6.93. The Kier molecular flexibility index (Phi) is 4.60. The number of benzene rings is 2. The number of hydrogen-bond acceptors (Lipinski definition) is 6. The van der Waals surface area contributed by atoms with E-state index in [9.17, 15) is 8.42 Å². The largest absolute Gasteiger partial charge is 0.370 e. The molecule has 4 rings (SSSR count). The van der Waals surface area contributed by atoms with Crippen molar-refractivity contribution in [2.24, 2.45) is 5.73 Å². The molecular formula is C19H19N5O3S. The van der Waals surface area contributed by atoms with Crippen LogP contribution >= 0.6 is 0 Å². The fraction of sp³-hybridized carbons (Fsp3) is 0.211. The normalized spacial score (nSPS) is 16.6. The summed E-state index contributed by atoms with van der Waals surface area (Å²) in [6, 6.07) is 15.3. The Morgan fingerprint density at radius 1 is 1.18 bits per heavy atom. The molecule has 0 spiro atoms. The number of aromatic nitrogens is 2. The summed E-state index contributed by atoms with van der Waals surface area (Å²) in [4.78, 5) is 6.39. The van der Waals surface area contributed by atoms with Crippen LogP contribution < -0.4 is 5.73 Å². The number of likely N-dealkylation sites (tertiary alicyclic amines) is 1. The number of nitrogens with two attached hydrogens (primary N) is 1. The van der Waals surface area contributed by atoms with Crippen molar-refractivity contribution in [2.75, 3.05) is 6.54 Å². The summed E-state index contributed by atoms with van der Waals surface area (Å²) in [6.45, 7) is 0.697. The smallest absolute Gasteiger partial charge is 0.249 e. The van der Waals surface area contributed by atoms with E-state index in [1.807, 2.05) is 0 Å². The molecular weight excluding hydrogens is 378 g/mol. The molecule has 0 bridgehead atoms. The third-order valence-electron chi connectivity index (χ3n) is 4.73. The average Bonchev–Trinajstić information content (AvgIpc) is 3.10. The van der Waals surface area contributed by atoms with Gasteiger partial charge in [-0.05, 0) is 24.1 Å². The predicted molar refractivity (Wildman–Crippen MR) is 103 cm³/mol. The molecule has 0 saturated carbocycles. The predicted octanol–water partition coefficient (Wildman–Crippen LogP) is 2.35. The summed E-state index contributed by atoms with van der Waals surface area (Å²) >= 11 is 0. The minimum Gasteiger partial charge on any atom is -0.370 e. The summed E-state index contributed by atoms with van der Waals surface area (Å²) in [7, 11) is -3.40. The fourth-order valence-corrected chi connectivity index (χ4v) is 4.47. The van der Waals surface area contributed by atoms with Crippen LogP contribution in [0, 0.1) is 5.41 Å². The third-order valence-corrected chi connectivity index (χ3v) is 6.43. The molecule has 1 aromatic heterocycles. The Labute approximate surface area is 162 Å². The number of guanidine groups is 1. The lowest BCUT2D eigenvalue weighted by Crippen LogP contribution is -2.48. The molecule has 1 atom stereocenters.